The molecule has 0 bridgehead atoms. The van der Waals surface area contributed by atoms with E-state index in [9.17, 15) is 0 Å². The third kappa shape index (κ3) is 22.4. The van der Waals surface area contributed by atoms with E-state index in [-0.39, 0.29) is 51.4 Å². The van der Waals surface area contributed by atoms with Crippen molar-refractivity contribution in [3.05, 3.63) is 36.4 Å². The molecular formula is C6H10KO4P. The summed E-state index contributed by atoms with van der Waals surface area (Å²) in [5.41, 5.74) is 0. The van der Waals surface area contributed by atoms with Gasteiger partial charge in [-0.1, -0.05) is 36.4 Å². The number of rotatable bonds is 0. The van der Waals surface area contributed by atoms with Crippen LogP contribution in [0.3, 0.4) is 0 Å². The summed E-state index contributed by atoms with van der Waals surface area (Å²) in [6.45, 7) is 0. The Labute approximate surface area is 113 Å². The van der Waals surface area contributed by atoms with E-state index in [1.807, 2.05) is 36.4 Å². The topological polar surface area (TPSA) is 77.8 Å². The van der Waals surface area contributed by atoms with E-state index in [1.165, 1.54) is 0 Å². The quantitative estimate of drug-likeness (QED) is 0.425. The number of benzene rings is 1. The Bertz CT molecular complexity index is 187. The maximum absolute atomic E-state index is 8.88. The SMILES string of the molecule is O=P(O)(O)O.[KH].c1ccccc1. The first kappa shape index (κ1) is 15.4. The van der Waals surface area contributed by atoms with Crippen LogP contribution in [0.25, 0.3) is 0 Å². The van der Waals surface area contributed by atoms with Crippen molar-refractivity contribution in [3.8, 4) is 0 Å². The average Bonchev–Trinajstić information content (AvgIpc) is 1.88. The third-order valence-corrected chi connectivity index (χ3v) is 0.667. The van der Waals surface area contributed by atoms with E-state index in [0.29, 0.717) is 0 Å². The Kier molecular flexibility index (Phi) is 11.0. The van der Waals surface area contributed by atoms with Gasteiger partial charge in [-0.25, -0.2) is 4.57 Å². The predicted molar refractivity (Wildman–Crippen MR) is 47.9 cm³/mol. The van der Waals surface area contributed by atoms with Gasteiger partial charge in [0.25, 0.3) is 0 Å². The maximum atomic E-state index is 8.88. The summed E-state index contributed by atoms with van der Waals surface area (Å²) >= 11 is 0. The van der Waals surface area contributed by atoms with Gasteiger partial charge in [-0.2, -0.15) is 0 Å². The normalized spacial score (nSPS) is 8.92. The minimum atomic E-state index is -4.64. The molecule has 0 atom stereocenters. The van der Waals surface area contributed by atoms with Crippen LogP contribution in [0.1, 0.15) is 0 Å². The Balaban J connectivity index is 0. The molecule has 0 aliphatic rings. The summed E-state index contributed by atoms with van der Waals surface area (Å²) in [5.74, 6) is 0. The Hall–Kier alpha value is 0.966. The van der Waals surface area contributed by atoms with E-state index in [2.05, 4.69) is 0 Å². The van der Waals surface area contributed by atoms with E-state index < -0.39 is 7.82 Å². The van der Waals surface area contributed by atoms with Crippen LogP contribution in [0.4, 0.5) is 0 Å². The van der Waals surface area contributed by atoms with Crippen LogP contribution in [0.2, 0.25) is 0 Å². The van der Waals surface area contributed by atoms with Crippen LogP contribution in [0, 0.1) is 0 Å². The minimum Gasteiger partial charge on any atom is -0.0623 e. The Morgan fingerprint density at radius 3 is 0.917 bits per heavy atom. The summed E-state index contributed by atoms with van der Waals surface area (Å²) in [6.07, 6.45) is 0. The summed E-state index contributed by atoms with van der Waals surface area (Å²) < 4.78 is 8.88. The van der Waals surface area contributed by atoms with Crippen LogP contribution in [-0.2, 0) is 4.57 Å². The van der Waals surface area contributed by atoms with Gasteiger partial charge in [0.05, 0.1) is 0 Å². The molecule has 0 aliphatic carbocycles. The molecule has 0 saturated carbocycles. The molecule has 12 heavy (non-hydrogen) atoms. The van der Waals surface area contributed by atoms with Gasteiger partial charge < -0.3 is 14.7 Å². The van der Waals surface area contributed by atoms with E-state index in [4.69, 9.17) is 19.2 Å². The average molecular weight is 216 g/mol. The van der Waals surface area contributed by atoms with Gasteiger partial charge in [0.15, 0.2) is 0 Å². The summed E-state index contributed by atoms with van der Waals surface area (Å²) in [4.78, 5) is 21.6. The fraction of sp³-hybridized carbons (Fsp3) is 0. The fourth-order valence-corrected chi connectivity index (χ4v) is 0.385. The second kappa shape index (κ2) is 8.56. The van der Waals surface area contributed by atoms with Gasteiger partial charge in [-0.3, -0.25) is 0 Å². The first-order valence-electron chi connectivity index (χ1n) is 2.78. The molecule has 6 heteroatoms. The van der Waals surface area contributed by atoms with E-state index >= 15 is 0 Å². The molecule has 1 aromatic rings. The first-order valence-corrected chi connectivity index (χ1v) is 4.35. The molecule has 0 heterocycles. The zero-order valence-corrected chi connectivity index (χ0v) is 6.56. The van der Waals surface area contributed by atoms with Crippen LogP contribution in [0.5, 0.6) is 0 Å². The van der Waals surface area contributed by atoms with Gasteiger partial charge in [0.2, 0.25) is 0 Å². The molecule has 0 fully saturated rings. The van der Waals surface area contributed by atoms with E-state index in [1.54, 1.807) is 0 Å². The van der Waals surface area contributed by atoms with Gasteiger partial charge in [0.1, 0.15) is 0 Å². The number of hydrogen-bond donors (Lipinski definition) is 3. The first-order chi connectivity index (χ1) is 5.00. The van der Waals surface area contributed by atoms with Crippen molar-refractivity contribution in [2.45, 2.75) is 0 Å². The molecule has 4 nitrogen and oxygen atoms in total. The van der Waals surface area contributed by atoms with Crippen molar-refractivity contribution < 1.29 is 19.2 Å². The molecule has 0 saturated heterocycles. The molecule has 1 aromatic carbocycles. The zero-order chi connectivity index (χ0) is 8.74. The monoisotopic (exact) mass is 216 g/mol. The van der Waals surface area contributed by atoms with Crippen molar-refractivity contribution in [1.29, 1.82) is 0 Å². The Morgan fingerprint density at radius 2 is 0.833 bits per heavy atom. The van der Waals surface area contributed by atoms with Gasteiger partial charge in [-0.15, -0.1) is 0 Å². The molecule has 0 aromatic heterocycles. The second-order valence-corrected chi connectivity index (χ2v) is 2.69. The van der Waals surface area contributed by atoms with Crippen molar-refractivity contribution in [3.63, 3.8) is 0 Å². The van der Waals surface area contributed by atoms with Gasteiger partial charge in [-0.05, 0) is 0 Å². The predicted octanol–water partition coefficient (Wildman–Crippen LogP) is 0.109. The second-order valence-electron chi connectivity index (χ2n) is 1.67. The molecule has 64 valence electrons. The third-order valence-electron chi connectivity index (χ3n) is 0.667. The van der Waals surface area contributed by atoms with Crippen molar-refractivity contribution in [1.82, 2.24) is 0 Å². The van der Waals surface area contributed by atoms with Gasteiger partial charge in [0, 0.05) is 0 Å². The molecule has 0 unspecified atom stereocenters. The van der Waals surface area contributed by atoms with E-state index in [0.717, 1.165) is 0 Å². The van der Waals surface area contributed by atoms with Crippen molar-refractivity contribution >= 4 is 59.2 Å². The summed E-state index contributed by atoms with van der Waals surface area (Å²) in [5, 5.41) is 0. The molecule has 0 aliphatic heterocycles. The largest absolute Gasteiger partial charge is 0.0623 e. The summed E-state index contributed by atoms with van der Waals surface area (Å²) in [6, 6.07) is 12.0. The number of hydrogen-bond acceptors (Lipinski definition) is 1. The van der Waals surface area contributed by atoms with Crippen LogP contribution < -0.4 is 0 Å². The molecule has 0 amide bonds. The van der Waals surface area contributed by atoms with Crippen LogP contribution in [0.15, 0.2) is 36.4 Å². The fourth-order valence-electron chi connectivity index (χ4n) is 0.385. The smallest absolute Gasteiger partial charge is 0.0623 e. The molecule has 3 N–H and O–H groups in total. The minimum absolute atomic E-state index is 0. The molecule has 0 radical (unpaired) electrons. The standard InChI is InChI=1S/C6H6.K.H3O4P.H/c1-2-4-6-5-3-1;;1-5(2,3)4;/h1-6H;;(H3,1,2,3,4);. The zero-order valence-electron chi connectivity index (χ0n) is 5.66. The maximum Gasteiger partial charge on any atom is -0.0623 e. The van der Waals surface area contributed by atoms with Crippen LogP contribution >= 0.6 is 7.82 Å². The molecule has 1 rings (SSSR count). The molecular weight excluding hydrogens is 206 g/mol. The van der Waals surface area contributed by atoms with Gasteiger partial charge >= 0.3 is 59.2 Å². The number of phosphoric acid groups is 1. The summed E-state index contributed by atoms with van der Waals surface area (Å²) in [7, 11) is -4.64. The van der Waals surface area contributed by atoms with Crippen LogP contribution in [-0.4, -0.2) is 66.1 Å². The molecule has 0 spiro atoms. The van der Waals surface area contributed by atoms with Crippen molar-refractivity contribution in [2.24, 2.45) is 0 Å². The van der Waals surface area contributed by atoms with Crippen molar-refractivity contribution in [2.75, 3.05) is 0 Å². The Morgan fingerprint density at radius 1 is 0.750 bits per heavy atom.